The molecule has 1 saturated heterocycles. The number of benzene rings is 1. The summed E-state index contributed by atoms with van der Waals surface area (Å²) in [6.07, 6.45) is 3.54. The average Bonchev–Trinajstić information content (AvgIpc) is 2.66. The van der Waals surface area contributed by atoms with Crippen LogP contribution in [0.1, 0.15) is 18.4 Å². The van der Waals surface area contributed by atoms with Crippen LogP contribution < -0.4 is 15.4 Å². The number of nitrogens with two attached hydrogens (primary N) is 1. The molecule has 1 aromatic carbocycles. The fourth-order valence-corrected chi connectivity index (χ4v) is 3.59. The SMILES string of the molecule is NS(=O)(=O)c1ccc(CNC(=O)C2CCCN(c3ccccn3)C2)cc1. The highest BCUT2D eigenvalue weighted by molar-refractivity contribution is 7.89. The molecule has 0 radical (unpaired) electrons. The predicted octanol–water partition coefficient (Wildman–Crippen LogP) is 1.26. The van der Waals surface area contributed by atoms with Gasteiger partial charge < -0.3 is 10.2 Å². The van der Waals surface area contributed by atoms with E-state index in [-0.39, 0.29) is 16.7 Å². The lowest BCUT2D eigenvalue weighted by Gasteiger charge is -2.32. The number of carbonyl (C=O) groups excluding carboxylic acids is 1. The molecule has 3 N–H and O–H groups in total. The van der Waals surface area contributed by atoms with Crippen LogP contribution in [0.2, 0.25) is 0 Å². The van der Waals surface area contributed by atoms with E-state index >= 15 is 0 Å². The molecule has 1 aromatic heterocycles. The van der Waals surface area contributed by atoms with Crippen molar-refractivity contribution >= 4 is 21.7 Å². The Labute approximate surface area is 153 Å². The van der Waals surface area contributed by atoms with E-state index in [0.717, 1.165) is 30.8 Å². The van der Waals surface area contributed by atoms with Crippen LogP contribution >= 0.6 is 0 Å². The summed E-state index contributed by atoms with van der Waals surface area (Å²) in [6, 6.07) is 12.0. The van der Waals surface area contributed by atoms with E-state index in [2.05, 4.69) is 15.2 Å². The van der Waals surface area contributed by atoms with Crippen molar-refractivity contribution in [2.75, 3.05) is 18.0 Å². The maximum absolute atomic E-state index is 12.5. The Morgan fingerprint density at radius 3 is 2.65 bits per heavy atom. The molecule has 2 aromatic rings. The summed E-state index contributed by atoms with van der Waals surface area (Å²) in [5, 5.41) is 8.01. The first-order chi connectivity index (χ1) is 12.4. The Morgan fingerprint density at radius 1 is 1.23 bits per heavy atom. The van der Waals surface area contributed by atoms with Crippen molar-refractivity contribution < 1.29 is 13.2 Å². The van der Waals surface area contributed by atoms with E-state index < -0.39 is 10.0 Å². The zero-order valence-electron chi connectivity index (χ0n) is 14.3. The lowest BCUT2D eigenvalue weighted by molar-refractivity contribution is -0.125. The van der Waals surface area contributed by atoms with Gasteiger partial charge in [0, 0.05) is 25.8 Å². The molecule has 0 aliphatic carbocycles. The minimum atomic E-state index is -3.70. The molecule has 1 aliphatic rings. The molecule has 1 unspecified atom stereocenters. The van der Waals surface area contributed by atoms with Crippen LogP contribution in [-0.4, -0.2) is 32.4 Å². The second kappa shape index (κ2) is 7.84. The van der Waals surface area contributed by atoms with Crippen LogP contribution in [0.15, 0.2) is 53.6 Å². The largest absolute Gasteiger partial charge is 0.356 e. The van der Waals surface area contributed by atoms with E-state index in [0.29, 0.717) is 13.1 Å². The number of aromatic nitrogens is 1. The van der Waals surface area contributed by atoms with E-state index in [4.69, 9.17) is 5.14 Å². The van der Waals surface area contributed by atoms with Gasteiger partial charge in [-0.25, -0.2) is 18.5 Å². The molecule has 3 rings (SSSR count). The molecular weight excluding hydrogens is 352 g/mol. The van der Waals surface area contributed by atoms with Gasteiger partial charge in [-0.15, -0.1) is 0 Å². The normalized spacial score (nSPS) is 17.7. The molecule has 138 valence electrons. The lowest BCUT2D eigenvalue weighted by Crippen LogP contribution is -2.43. The van der Waals surface area contributed by atoms with Crippen molar-refractivity contribution in [2.45, 2.75) is 24.3 Å². The van der Waals surface area contributed by atoms with E-state index in [1.807, 2.05) is 18.2 Å². The molecular formula is C18H22N4O3S. The highest BCUT2D eigenvalue weighted by Gasteiger charge is 2.26. The first-order valence-corrected chi connectivity index (χ1v) is 10.0. The number of amides is 1. The van der Waals surface area contributed by atoms with Gasteiger partial charge in [-0.05, 0) is 42.7 Å². The van der Waals surface area contributed by atoms with Crippen LogP contribution in [0.4, 0.5) is 5.82 Å². The quantitative estimate of drug-likeness (QED) is 0.820. The number of primary sulfonamides is 1. The Bertz CT molecular complexity index is 854. The maximum atomic E-state index is 12.5. The summed E-state index contributed by atoms with van der Waals surface area (Å²) >= 11 is 0. The first-order valence-electron chi connectivity index (χ1n) is 8.49. The molecule has 0 saturated carbocycles. The van der Waals surface area contributed by atoms with Gasteiger partial charge in [-0.1, -0.05) is 18.2 Å². The third-order valence-electron chi connectivity index (χ3n) is 4.48. The fraction of sp³-hybridized carbons (Fsp3) is 0.333. The first kappa shape index (κ1) is 18.3. The molecule has 2 heterocycles. The topological polar surface area (TPSA) is 105 Å². The molecule has 1 atom stereocenters. The van der Waals surface area contributed by atoms with Gasteiger partial charge in [-0.2, -0.15) is 0 Å². The molecule has 1 fully saturated rings. The lowest BCUT2D eigenvalue weighted by atomic mass is 9.97. The van der Waals surface area contributed by atoms with E-state index in [1.54, 1.807) is 18.3 Å². The highest BCUT2D eigenvalue weighted by Crippen LogP contribution is 2.21. The standard InChI is InChI=1S/C18H22N4O3S/c19-26(24,25)16-8-6-14(7-9-16)12-21-18(23)15-4-3-11-22(13-15)17-5-1-2-10-20-17/h1-2,5-10,15H,3-4,11-13H2,(H,21,23)(H2,19,24,25). The number of rotatable bonds is 5. The van der Waals surface area contributed by atoms with Crippen molar-refractivity contribution in [3.63, 3.8) is 0 Å². The van der Waals surface area contributed by atoms with Crippen molar-refractivity contribution in [2.24, 2.45) is 11.1 Å². The van der Waals surface area contributed by atoms with Crippen LogP contribution in [0.3, 0.4) is 0 Å². The summed E-state index contributed by atoms with van der Waals surface area (Å²) in [5.74, 6) is 0.805. The molecule has 1 amide bonds. The van der Waals surface area contributed by atoms with Crippen LogP contribution in [0, 0.1) is 5.92 Å². The number of hydrogen-bond donors (Lipinski definition) is 2. The monoisotopic (exact) mass is 374 g/mol. The minimum Gasteiger partial charge on any atom is -0.356 e. The zero-order valence-corrected chi connectivity index (χ0v) is 15.2. The zero-order chi connectivity index (χ0) is 18.6. The number of nitrogens with zero attached hydrogens (tertiary/aromatic N) is 2. The Hall–Kier alpha value is -2.45. The van der Waals surface area contributed by atoms with Crippen LogP contribution in [-0.2, 0) is 21.4 Å². The van der Waals surface area contributed by atoms with Gasteiger partial charge in [0.1, 0.15) is 5.82 Å². The summed E-state index contributed by atoms with van der Waals surface area (Å²) in [6.45, 7) is 1.90. The number of piperidine rings is 1. The predicted molar refractivity (Wildman–Crippen MR) is 98.8 cm³/mol. The summed E-state index contributed by atoms with van der Waals surface area (Å²) in [7, 11) is -3.70. The van der Waals surface area contributed by atoms with Crippen LogP contribution in [0.25, 0.3) is 0 Å². The van der Waals surface area contributed by atoms with Gasteiger partial charge >= 0.3 is 0 Å². The highest BCUT2D eigenvalue weighted by atomic mass is 32.2. The maximum Gasteiger partial charge on any atom is 0.238 e. The van der Waals surface area contributed by atoms with Gasteiger partial charge in [0.05, 0.1) is 10.8 Å². The molecule has 7 nitrogen and oxygen atoms in total. The number of anilines is 1. The van der Waals surface area contributed by atoms with E-state index in [9.17, 15) is 13.2 Å². The number of carbonyl (C=O) groups is 1. The summed E-state index contributed by atoms with van der Waals surface area (Å²) in [5.41, 5.74) is 0.822. The Kier molecular flexibility index (Phi) is 5.53. The third kappa shape index (κ3) is 4.59. The molecule has 26 heavy (non-hydrogen) atoms. The molecule has 8 heteroatoms. The number of nitrogens with one attached hydrogen (secondary N) is 1. The third-order valence-corrected chi connectivity index (χ3v) is 5.41. The summed E-state index contributed by atoms with van der Waals surface area (Å²) in [4.78, 5) is 19.0. The van der Waals surface area contributed by atoms with E-state index in [1.165, 1.54) is 12.1 Å². The van der Waals surface area contributed by atoms with Crippen molar-refractivity contribution in [3.8, 4) is 0 Å². The van der Waals surface area contributed by atoms with Gasteiger partial charge in [-0.3, -0.25) is 4.79 Å². The van der Waals surface area contributed by atoms with Gasteiger partial charge in [0.15, 0.2) is 0 Å². The van der Waals surface area contributed by atoms with Crippen molar-refractivity contribution in [1.82, 2.24) is 10.3 Å². The Morgan fingerprint density at radius 2 is 2.00 bits per heavy atom. The fourth-order valence-electron chi connectivity index (χ4n) is 3.07. The van der Waals surface area contributed by atoms with Crippen LogP contribution in [0.5, 0.6) is 0 Å². The van der Waals surface area contributed by atoms with Crippen molar-refractivity contribution in [1.29, 1.82) is 0 Å². The number of hydrogen-bond acceptors (Lipinski definition) is 5. The Balaban J connectivity index is 1.56. The van der Waals surface area contributed by atoms with Crippen molar-refractivity contribution in [3.05, 3.63) is 54.2 Å². The minimum absolute atomic E-state index is 0.00107. The second-order valence-electron chi connectivity index (χ2n) is 6.38. The second-order valence-corrected chi connectivity index (χ2v) is 7.94. The number of pyridine rings is 1. The average molecular weight is 374 g/mol. The summed E-state index contributed by atoms with van der Waals surface area (Å²) < 4.78 is 22.5. The molecule has 1 aliphatic heterocycles. The molecule has 0 bridgehead atoms. The number of sulfonamides is 1. The molecule has 0 spiro atoms. The van der Waals surface area contributed by atoms with Gasteiger partial charge in [0.2, 0.25) is 15.9 Å². The smallest absolute Gasteiger partial charge is 0.238 e. The van der Waals surface area contributed by atoms with Gasteiger partial charge in [0.25, 0.3) is 0 Å².